The van der Waals surface area contributed by atoms with Crippen molar-refractivity contribution in [2.24, 2.45) is 0 Å². The molecule has 0 aromatic heterocycles. The van der Waals surface area contributed by atoms with Gasteiger partial charge in [-0.15, -0.1) is 0 Å². The summed E-state index contributed by atoms with van der Waals surface area (Å²) in [6.07, 6.45) is 1.85. The van der Waals surface area contributed by atoms with Gasteiger partial charge in [-0.25, -0.2) is 4.79 Å². The number of carbonyl (C=O) groups is 1. The van der Waals surface area contributed by atoms with Gasteiger partial charge in [0.15, 0.2) is 0 Å². The molecule has 0 spiro atoms. The molecular formula is C21H24Cl4IN3O. The minimum absolute atomic E-state index is 0. The molecule has 0 atom stereocenters. The molecule has 0 saturated carbocycles. The molecule has 2 aromatic rings. The quantitative estimate of drug-likeness (QED) is 0.401. The number of hydrogen-bond donors (Lipinski definition) is 2. The van der Waals surface area contributed by atoms with Crippen LogP contribution in [0.15, 0.2) is 36.4 Å². The Morgan fingerprint density at radius 1 is 1.00 bits per heavy atom. The minimum atomic E-state index is -0.179. The number of carbonyl (C=O) groups excluding carboxylic acids is 1. The van der Waals surface area contributed by atoms with Crippen molar-refractivity contribution in [3.05, 3.63) is 67.6 Å². The zero-order valence-corrected chi connectivity index (χ0v) is 21.7. The maximum Gasteiger partial charge on any atom is 0.315 e. The molecule has 164 valence electrons. The van der Waals surface area contributed by atoms with Crippen LogP contribution in [-0.2, 0) is 13.1 Å². The lowest BCUT2D eigenvalue weighted by Gasteiger charge is -2.40. The number of urea groups is 1. The average Bonchev–Trinajstić information content (AvgIpc) is 2.66. The smallest absolute Gasteiger partial charge is 0.315 e. The third-order valence-corrected chi connectivity index (χ3v) is 6.70. The van der Waals surface area contributed by atoms with Gasteiger partial charge in [0.2, 0.25) is 0 Å². The van der Waals surface area contributed by atoms with Gasteiger partial charge in [0.25, 0.3) is 0 Å². The van der Waals surface area contributed by atoms with E-state index >= 15 is 0 Å². The molecule has 0 radical (unpaired) electrons. The normalized spacial score (nSPS) is 20.9. The third-order valence-electron chi connectivity index (χ3n) is 5.37. The first-order valence-corrected chi connectivity index (χ1v) is 11.0. The van der Waals surface area contributed by atoms with Crippen molar-refractivity contribution >= 4 is 52.4 Å². The zero-order chi connectivity index (χ0) is 21.0. The van der Waals surface area contributed by atoms with Gasteiger partial charge in [-0.05, 0) is 29.8 Å². The summed E-state index contributed by atoms with van der Waals surface area (Å²) < 4.78 is 0.915. The molecule has 9 heteroatoms. The summed E-state index contributed by atoms with van der Waals surface area (Å²) in [5.41, 5.74) is 2.01. The van der Waals surface area contributed by atoms with Crippen LogP contribution in [0.2, 0.25) is 20.1 Å². The second-order valence-corrected chi connectivity index (χ2v) is 9.47. The first-order chi connectivity index (χ1) is 13.7. The molecular weight excluding hydrogens is 579 g/mol. The van der Waals surface area contributed by atoms with Crippen LogP contribution in [0.25, 0.3) is 0 Å². The minimum Gasteiger partial charge on any atom is -1.00 e. The molecule has 0 aliphatic carbocycles. The topological polar surface area (TPSA) is 41.1 Å². The van der Waals surface area contributed by atoms with Crippen molar-refractivity contribution in [2.45, 2.75) is 32.0 Å². The predicted molar refractivity (Wildman–Crippen MR) is 121 cm³/mol. The van der Waals surface area contributed by atoms with Gasteiger partial charge in [-0.1, -0.05) is 58.5 Å². The molecule has 1 fully saturated rings. The molecule has 30 heavy (non-hydrogen) atoms. The number of amides is 2. The fourth-order valence-corrected chi connectivity index (χ4v) is 4.45. The highest BCUT2D eigenvalue weighted by Crippen LogP contribution is 2.26. The molecule has 2 amide bonds. The Morgan fingerprint density at radius 2 is 1.70 bits per heavy atom. The number of hydrogen-bond acceptors (Lipinski definition) is 1. The Bertz CT molecular complexity index is 889. The fourth-order valence-electron chi connectivity index (χ4n) is 3.65. The lowest BCUT2D eigenvalue weighted by molar-refractivity contribution is -0.927. The Kier molecular flexibility index (Phi) is 9.84. The maximum atomic E-state index is 12.3. The first-order valence-electron chi connectivity index (χ1n) is 9.50. The van der Waals surface area contributed by atoms with E-state index in [9.17, 15) is 4.79 Å². The number of nitrogens with zero attached hydrogens (tertiary/aromatic N) is 1. The number of piperidine rings is 1. The number of halogens is 5. The Hall–Kier alpha value is -0.440. The number of benzene rings is 2. The summed E-state index contributed by atoms with van der Waals surface area (Å²) in [6.45, 7) is 3.22. The third kappa shape index (κ3) is 7.31. The molecule has 1 saturated heterocycles. The van der Waals surface area contributed by atoms with Gasteiger partial charge >= 0.3 is 6.03 Å². The van der Waals surface area contributed by atoms with Crippen molar-refractivity contribution < 1.29 is 33.3 Å². The van der Waals surface area contributed by atoms with Crippen LogP contribution in [0.3, 0.4) is 0 Å². The maximum absolute atomic E-state index is 12.3. The summed E-state index contributed by atoms with van der Waals surface area (Å²) in [5, 5.41) is 8.23. The number of nitrogens with one attached hydrogen (secondary N) is 2. The fraction of sp³-hybridized carbons (Fsp3) is 0.381. The Morgan fingerprint density at radius 3 is 2.33 bits per heavy atom. The largest absolute Gasteiger partial charge is 1.00 e. The molecule has 0 unspecified atom stereocenters. The summed E-state index contributed by atoms with van der Waals surface area (Å²) in [7, 11) is 2.24. The van der Waals surface area contributed by atoms with E-state index in [0.717, 1.165) is 42.5 Å². The van der Waals surface area contributed by atoms with Crippen LogP contribution in [0.1, 0.15) is 24.0 Å². The van der Waals surface area contributed by atoms with E-state index in [4.69, 9.17) is 46.4 Å². The van der Waals surface area contributed by atoms with E-state index < -0.39 is 0 Å². The van der Waals surface area contributed by atoms with Crippen LogP contribution < -0.4 is 34.6 Å². The molecule has 2 aromatic carbocycles. The van der Waals surface area contributed by atoms with Gasteiger partial charge < -0.3 is 39.1 Å². The van der Waals surface area contributed by atoms with E-state index in [2.05, 4.69) is 17.7 Å². The Balaban J connectivity index is 0.00000320. The standard InChI is InChI=1S/C21H23Cl4N3O.HI/c1-28(13-14-2-5-18(23)20(25)10-14)8-6-17(7-9-28)27-21(29)26-12-15-3-4-16(22)11-19(15)24;/h2-5,10-11,17H,6-9,12-13H2,1H3,(H-,26,27,29);1H. The summed E-state index contributed by atoms with van der Waals surface area (Å²) >= 11 is 24.2. The summed E-state index contributed by atoms with van der Waals surface area (Å²) in [5.74, 6) is 0. The second kappa shape index (κ2) is 11.4. The highest BCUT2D eigenvalue weighted by atomic mass is 127. The average molecular weight is 603 g/mol. The van der Waals surface area contributed by atoms with E-state index in [1.54, 1.807) is 12.1 Å². The number of rotatable bonds is 5. The molecule has 3 rings (SSSR count). The van der Waals surface area contributed by atoms with Gasteiger partial charge in [-0.3, -0.25) is 0 Å². The Labute approximate surface area is 214 Å². The molecule has 1 heterocycles. The summed E-state index contributed by atoms with van der Waals surface area (Å²) in [6, 6.07) is 11.0. The molecule has 1 aliphatic rings. The lowest BCUT2D eigenvalue weighted by Crippen LogP contribution is -3.00. The van der Waals surface area contributed by atoms with Gasteiger partial charge in [0, 0.05) is 41.0 Å². The number of quaternary nitrogens is 1. The van der Waals surface area contributed by atoms with Crippen LogP contribution in [-0.4, -0.2) is 36.7 Å². The van der Waals surface area contributed by atoms with Crippen LogP contribution in [0.4, 0.5) is 4.79 Å². The van der Waals surface area contributed by atoms with E-state index in [1.165, 1.54) is 5.56 Å². The molecule has 1 aliphatic heterocycles. The van der Waals surface area contributed by atoms with Crippen molar-refractivity contribution in [3.8, 4) is 0 Å². The zero-order valence-electron chi connectivity index (χ0n) is 16.5. The monoisotopic (exact) mass is 601 g/mol. The molecule has 4 nitrogen and oxygen atoms in total. The predicted octanol–water partition coefficient (Wildman–Crippen LogP) is 2.91. The van der Waals surface area contributed by atoms with Gasteiger partial charge in [-0.2, -0.15) is 0 Å². The van der Waals surface area contributed by atoms with Crippen molar-refractivity contribution in [2.75, 3.05) is 20.1 Å². The van der Waals surface area contributed by atoms with Crippen LogP contribution in [0, 0.1) is 0 Å². The highest BCUT2D eigenvalue weighted by Gasteiger charge is 2.31. The van der Waals surface area contributed by atoms with Gasteiger partial charge in [0.05, 0.1) is 30.2 Å². The second-order valence-electron chi connectivity index (χ2n) is 7.81. The molecule has 2 N–H and O–H groups in total. The number of likely N-dealkylation sites (tertiary alicyclic amines) is 1. The van der Waals surface area contributed by atoms with Crippen LogP contribution in [0.5, 0.6) is 0 Å². The van der Waals surface area contributed by atoms with Crippen molar-refractivity contribution in [1.29, 1.82) is 0 Å². The van der Waals surface area contributed by atoms with Gasteiger partial charge in [0.1, 0.15) is 6.54 Å². The lowest BCUT2D eigenvalue weighted by atomic mass is 10.0. The first kappa shape index (κ1) is 25.8. The van der Waals surface area contributed by atoms with Crippen molar-refractivity contribution in [1.82, 2.24) is 10.6 Å². The SMILES string of the molecule is C[N+]1(Cc2ccc(Cl)c(Cl)c2)CCC(NC(=O)NCc2ccc(Cl)cc2Cl)CC1.[I-]. The highest BCUT2D eigenvalue weighted by molar-refractivity contribution is 6.42. The van der Waals surface area contributed by atoms with Crippen LogP contribution >= 0.6 is 46.4 Å². The van der Waals surface area contributed by atoms with Crippen molar-refractivity contribution in [3.63, 3.8) is 0 Å². The van der Waals surface area contributed by atoms with E-state index in [1.807, 2.05) is 24.3 Å². The molecule has 0 bridgehead atoms. The van der Waals surface area contributed by atoms with E-state index in [-0.39, 0.29) is 36.0 Å². The van der Waals surface area contributed by atoms with E-state index in [0.29, 0.717) is 26.6 Å². The summed E-state index contributed by atoms with van der Waals surface area (Å²) in [4.78, 5) is 12.3.